The molecule has 0 unspecified atom stereocenters. The van der Waals surface area contributed by atoms with Crippen LogP contribution < -0.4 is 10.6 Å². The second kappa shape index (κ2) is 10.2. The molecule has 0 aromatic rings. The predicted molar refractivity (Wildman–Crippen MR) is 81.2 cm³/mol. The smallest absolute Gasteiger partial charge is 0.220 e. The first-order valence-electron chi connectivity index (χ1n) is 8.23. The number of carbonyl (C=O) groups is 1. The van der Waals surface area contributed by atoms with Crippen molar-refractivity contribution in [3.05, 3.63) is 0 Å². The highest BCUT2D eigenvalue weighted by Gasteiger charge is 2.20. The molecule has 1 rings (SSSR count). The van der Waals surface area contributed by atoms with Crippen LogP contribution in [0.5, 0.6) is 0 Å². The van der Waals surface area contributed by atoms with Gasteiger partial charge in [0.2, 0.25) is 5.91 Å². The molecular formula is C16H32N2O. The second-order valence-corrected chi connectivity index (χ2v) is 5.92. The van der Waals surface area contributed by atoms with E-state index in [9.17, 15) is 4.79 Å². The number of unbranched alkanes of at least 4 members (excludes halogenated alkanes) is 5. The maximum absolute atomic E-state index is 11.8. The van der Waals surface area contributed by atoms with Gasteiger partial charge in [-0.15, -0.1) is 0 Å². The van der Waals surface area contributed by atoms with Gasteiger partial charge >= 0.3 is 0 Å². The normalized spacial score (nSPS) is 23.3. The van der Waals surface area contributed by atoms with Gasteiger partial charge in [-0.3, -0.25) is 4.79 Å². The summed E-state index contributed by atoms with van der Waals surface area (Å²) in [6.45, 7) is 2.23. The fraction of sp³-hybridized carbons (Fsp3) is 0.938. The quantitative estimate of drug-likeness (QED) is 0.629. The maximum atomic E-state index is 11.8. The molecule has 0 saturated heterocycles. The largest absolute Gasteiger partial charge is 0.353 e. The first-order chi connectivity index (χ1) is 9.26. The van der Waals surface area contributed by atoms with Crippen molar-refractivity contribution in [2.24, 2.45) is 0 Å². The molecule has 19 heavy (non-hydrogen) atoms. The van der Waals surface area contributed by atoms with Crippen LogP contribution in [0.25, 0.3) is 0 Å². The van der Waals surface area contributed by atoms with E-state index in [1.54, 1.807) is 0 Å². The highest BCUT2D eigenvalue weighted by molar-refractivity contribution is 5.76. The van der Waals surface area contributed by atoms with E-state index >= 15 is 0 Å². The van der Waals surface area contributed by atoms with Gasteiger partial charge in [-0.1, -0.05) is 39.0 Å². The number of carbonyl (C=O) groups excluding carboxylic acids is 1. The molecule has 0 heterocycles. The Bertz CT molecular complexity index is 235. The Balaban J connectivity index is 1.99. The molecular weight excluding hydrogens is 236 g/mol. The minimum absolute atomic E-state index is 0.267. The van der Waals surface area contributed by atoms with Gasteiger partial charge in [0, 0.05) is 18.5 Å². The number of hydrogen-bond acceptors (Lipinski definition) is 2. The average molecular weight is 268 g/mol. The van der Waals surface area contributed by atoms with Crippen molar-refractivity contribution >= 4 is 5.91 Å². The Morgan fingerprint density at radius 3 is 2.16 bits per heavy atom. The minimum atomic E-state index is 0.267. The van der Waals surface area contributed by atoms with E-state index in [0.717, 1.165) is 25.7 Å². The van der Waals surface area contributed by atoms with E-state index in [1.165, 1.54) is 44.9 Å². The second-order valence-electron chi connectivity index (χ2n) is 5.92. The summed E-state index contributed by atoms with van der Waals surface area (Å²) in [6, 6.07) is 1.09. The summed E-state index contributed by atoms with van der Waals surface area (Å²) in [5, 5.41) is 6.52. The molecule has 3 heteroatoms. The van der Waals surface area contributed by atoms with Crippen molar-refractivity contribution in [3.8, 4) is 0 Å². The third kappa shape index (κ3) is 7.56. The first-order valence-corrected chi connectivity index (χ1v) is 8.23. The Labute approximate surface area is 118 Å². The molecule has 112 valence electrons. The van der Waals surface area contributed by atoms with Gasteiger partial charge in [0.1, 0.15) is 0 Å². The summed E-state index contributed by atoms with van der Waals surface area (Å²) in [4.78, 5) is 11.8. The molecule has 0 spiro atoms. The zero-order valence-corrected chi connectivity index (χ0v) is 12.8. The minimum Gasteiger partial charge on any atom is -0.353 e. The van der Waals surface area contributed by atoms with E-state index in [1.807, 2.05) is 7.05 Å². The molecule has 1 aliphatic rings. The Hall–Kier alpha value is -0.570. The summed E-state index contributed by atoms with van der Waals surface area (Å²) in [6.07, 6.45) is 12.9. The molecule has 1 fully saturated rings. The lowest BCUT2D eigenvalue weighted by Crippen LogP contribution is -2.41. The molecule has 1 saturated carbocycles. The van der Waals surface area contributed by atoms with Crippen molar-refractivity contribution in [3.63, 3.8) is 0 Å². The summed E-state index contributed by atoms with van der Waals surface area (Å²) in [5.41, 5.74) is 0. The molecule has 3 nitrogen and oxygen atoms in total. The van der Waals surface area contributed by atoms with Crippen LogP contribution in [0.4, 0.5) is 0 Å². The summed E-state index contributed by atoms with van der Waals surface area (Å²) >= 11 is 0. The molecule has 0 aliphatic heterocycles. The lowest BCUT2D eigenvalue weighted by atomic mass is 9.91. The SMILES string of the molecule is CCCCCCCCC(=O)NC1CCC(NC)CC1. The lowest BCUT2D eigenvalue weighted by molar-refractivity contribution is -0.122. The van der Waals surface area contributed by atoms with Crippen molar-refractivity contribution in [2.45, 2.75) is 89.6 Å². The van der Waals surface area contributed by atoms with E-state index in [2.05, 4.69) is 17.6 Å². The molecule has 1 aliphatic carbocycles. The van der Waals surface area contributed by atoms with Gasteiger partial charge in [-0.25, -0.2) is 0 Å². The number of hydrogen-bond donors (Lipinski definition) is 2. The van der Waals surface area contributed by atoms with Crippen molar-refractivity contribution in [1.82, 2.24) is 10.6 Å². The van der Waals surface area contributed by atoms with Gasteiger partial charge in [0.05, 0.1) is 0 Å². The summed E-state index contributed by atoms with van der Waals surface area (Å²) < 4.78 is 0. The highest BCUT2D eigenvalue weighted by Crippen LogP contribution is 2.18. The molecule has 0 radical (unpaired) electrons. The fourth-order valence-corrected chi connectivity index (χ4v) is 2.89. The zero-order chi connectivity index (χ0) is 13.9. The van der Waals surface area contributed by atoms with E-state index in [4.69, 9.17) is 0 Å². The van der Waals surface area contributed by atoms with E-state index < -0.39 is 0 Å². The van der Waals surface area contributed by atoms with Crippen LogP contribution in [-0.2, 0) is 4.79 Å². The standard InChI is InChI=1S/C16H32N2O/c1-3-4-5-6-7-8-9-16(19)18-15-12-10-14(17-2)11-13-15/h14-15,17H,3-13H2,1-2H3,(H,18,19). The Kier molecular flexibility index (Phi) is 8.89. The van der Waals surface area contributed by atoms with Gasteiger partial charge < -0.3 is 10.6 Å². The third-order valence-corrected chi connectivity index (χ3v) is 4.26. The molecule has 0 atom stereocenters. The van der Waals surface area contributed by atoms with Crippen LogP contribution >= 0.6 is 0 Å². The highest BCUT2D eigenvalue weighted by atomic mass is 16.1. The molecule has 0 aromatic heterocycles. The van der Waals surface area contributed by atoms with Crippen molar-refractivity contribution in [2.75, 3.05) is 7.05 Å². The Morgan fingerprint density at radius 1 is 0.947 bits per heavy atom. The Morgan fingerprint density at radius 2 is 1.53 bits per heavy atom. The van der Waals surface area contributed by atoms with Gasteiger partial charge in [-0.05, 0) is 39.2 Å². The lowest BCUT2D eigenvalue weighted by Gasteiger charge is -2.28. The van der Waals surface area contributed by atoms with Gasteiger partial charge in [0.25, 0.3) is 0 Å². The summed E-state index contributed by atoms with van der Waals surface area (Å²) in [5.74, 6) is 0.267. The number of nitrogens with one attached hydrogen (secondary N) is 2. The summed E-state index contributed by atoms with van der Waals surface area (Å²) in [7, 11) is 2.03. The van der Waals surface area contributed by atoms with Crippen LogP contribution in [-0.4, -0.2) is 25.0 Å². The topological polar surface area (TPSA) is 41.1 Å². The number of rotatable bonds is 9. The molecule has 1 amide bonds. The van der Waals surface area contributed by atoms with Crippen LogP contribution in [0.2, 0.25) is 0 Å². The van der Waals surface area contributed by atoms with Crippen LogP contribution in [0.3, 0.4) is 0 Å². The van der Waals surface area contributed by atoms with E-state index in [-0.39, 0.29) is 5.91 Å². The van der Waals surface area contributed by atoms with E-state index in [0.29, 0.717) is 12.1 Å². The van der Waals surface area contributed by atoms with Gasteiger partial charge in [-0.2, -0.15) is 0 Å². The zero-order valence-electron chi connectivity index (χ0n) is 12.8. The average Bonchev–Trinajstić information content (AvgIpc) is 2.43. The van der Waals surface area contributed by atoms with Crippen molar-refractivity contribution < 1.29 is 4.79 Å². The van der Waals surface area contributed by atoms with Crippen LogP contribution in [0.15, 0.2) is 0 Å². The number of amides is 1. The first kappa shape index (κ1) is 16.5. The molecule has 2 N–H and O–H groups in total. The predicted octanol–water partition coefficient (Wildman–Crippen LogP) is 3.38. The molecule has 0 bridgehead atoms. The fourth-order valence-electron chi connectivity index (χ4n) is 2.89. The maximum Gasteiger partial charge on any atom is 0.220 e. The van der Waals surface area contributed by atoms with Crippen molar-refractivity contribution in [1.29, 1.82) is 0 Å². The van der Waals surface area contributed by atoms with Crippen LogP contribution in [0.1, 0.15) is 77.6 Å². The molecule has 0 aromatic carbocycles. The van der Waals surface area contributed by atoms with Gasteiger partial charge in [0.15, 0.2) is 0 Å². The monoisotopic (exact) mass is 268 g/mol. The van der Waals surface area contributed by atoms with Crippen LogP contribution in [0, 0.1) is 0 Å². The third-order valence-electron chi connectivity index (χ3n) is 4.26.